The average Bonchev–Trinajstić information content (AvgIpc) is 2.34. The van der Waals surface area contributed by atoms with Crippen molar-refractivity contribution in [3.63, 3.8) is 0 Å². The molecule has 0 fully saturated rings. The highest BCUT2D eigenvalue weighted by atomic mass is 15.1. The lowest BCUT2D eigenvalue weighted by molar-refractivity contribution is 0.755. The lowest BCUT2D eigenvalue weighted by Crippen LogP contribution is -2.05. The average molecular weight is 167 g/mol. The normalized spacial score (nSPS) is 10.6. The highest BCUT2D eigenvalue weighted by Gasteiger charge is 2.02. The van der Waals surface area contributed by atoms with Gasteiger partial charge in [0.1, 0.15) is 5.82 Å². The van der Waals surface area contributed by atoms with E-state index in [0.717, 1.165) is 25.1 Å². The van der Waals surface area contributed by atoms with E-state index in [9.17, 15) is 0 Å². The smallest absolute Gasteiger partial charge is 0.108 e. The van der Waals surface area contributed by atoms with Gasteiger partial charge < -0.3 is 9.88 Å². The van der Waals surface area contributed by atoms with E-state index < -0.39 is 0 Å². The van der Waals surface area contributed by atoms with E-state index >= 15 is 0 Å². The summed E-state index contributed by atoms with van der Waals surface area (Å²) in [5, 5.41) is 3.09. The van der Waals surface area contributed by atoms with E-state index in [-0.39, 0.29) is 0 Å². The van der Waals surface area contributed by atoms with Crippen LogP contribution in [0, 0.1) is 0 Å². The number of aromatic nitrogens is 2. The molecular weight excluding hydrogens is 150 g/mol. The maximum Gasteiger partial charge on any atom is 0.108 e. The lowest BCUT2D eigenvalue weighted by atomic mass is 10.3. The van der Waals surface area contributed by atoms with Crippen molar-refractivity contribution >= 4 is 0 Å². The van der Waals surface area contributed by atoms with Crippen molar-refractivity contribution in [1.29, 1.82) is 0 Å². The number of hydrogen-bond acceptors (Lipinski definition) is 2. The molecule has 1 aromatic heterocycles. The van der Waals surface area contributed by atoms with Crippen LogP contribution >= 0.6 is 0 Å². The first kappa shape index (κ1) is 9.26. The molecule has 3 heteroatoms. The van der Waals surface area contributed by atoms with Crippen LogP contribution in [0.25, 0.3) is 0 Å². The number of nitrogens with zero attached hydrogens (tertiary/aromatic N) is 2. The van der Waals surface area contributed by atoms with Gasteiger partial charge in [-0.1, -0.05) is 6.92 Å². The predicted molar refractivity (Wildman–Crippen MR) is 50.0 cm³/mol. The third-order valence-corrected chi connectivity index (χ3v) is 1.85. The van der Waals surface area contributed by atoms with E-state index in [4.69, 9.17) is 0 Å². The number of aryl methyl sites for hydroxylation is 2. The van der Waals surface area contributed by atoms with Crippen LogP contribution in [0.3, 0.4) is 0 Å². The first-order valence-corrected chi connectivity index (χ1v) is 4.43. The molecule has 0 radical (unpaired) electrons. The molecule has 0 aliphatic carbocycles. The third kappa shape index (κ3) is 2.08. The Kier molecular flexibility index (Phi) is 3.29. The molecule has 0 saturated heterocycles. The zero-order valence-corrected chi connectivity index (χ0v) is 8.09. The van der Waals surface area contributed by atoms with Crippen LogP contribution in [0.1, 0.15) is 24.9 Å². The molecule has 1 rings (SSSR count). The summed E-state index contributed by atoms with van der Waals surface area (Å²) >= 11 is 0. The maximum absolute atomic E-state index is 4.49. The predicted octanol–water partition coefficient (Wildman–Crippen LogP) is 1.09. The van der Waals surface area contributed by atoms with Crippen molar-refractivity contribution in [2.24, 2.45) is 7.05 Å². The van der Waals surface area contributed by atoms with Gasteiger partial charge >= 0.3 is 0 Å². The molecule has 1 aromatic rings. The Morgan fingerprint density at radius 2 is 2.33 bits per heavy atom. The topological polar surface area (TPSA) is 29.9 Å². The molecular formula is C9H17N3. The highest BCUT2D eigenvalue weighted by Crippen LogP contribution is 2.03. The molecule has 68 valence electrons. The van der Waals surface area contributed by atoms with Crippen LogP contribution in [0.15, 0.2) is 6.20 Å². The fourth-order valence-corrected chi connectivity index (χ4v) is 1.29. The largest absolute Gasteiger partial charge is 0.338 e. The molecule has 0 aliphatic rings. The number of hydrogen-bond donors (Lipinski definition) is 1. The van der Waals surface area contributed by atoms with Gasteiger partial charge in [0.15, 0.2) is 0 Å². The molecule has 0 aromatic carbocycles. The van der Waals surface area contributed by atoms with E-state index in [2.05, 4.69) is 35.0 Å². The molecule has 0 spiro atoms. The second-order valence-corrected chi connectivity index (χ2v) is 3.04. The first-order valence-electron chi connectivity index (χ1n) is 4.43. The summed E-state index contributed by atoms with van der Waals surface area (Å²) in [4.78, 5) is 4.49. The summed E-state index contributed by atoms with van der Waals surface area (Å²) in [5.41, 5.74) is 1.13. The van der Waals surface area contributed by atoms with Gasteiger partial charge in [-0.15, -0.1) is 0 Å². The van der Waals surface area contributed by atoms with E-state index in [1.165, 1.54) is 5.82 Å². The Bertz CT molecular complexity index is 240. The van der Waals surface area contributed by atoms with Crippen molar-refractivity contribution < 1.29 is 0 Å². The fourth-order valence-electron chi connectivity index (χ4n) is 1.29. The standard InChI is InChI=1S/C9H17N3/c1-4-5-9-11-8(6-10-2)7-12(9)3/h7,10H,4-6H2,1-3H3. The molecule has 1 heterocycles. The monoisotopic (exact) mass is 167 g/mol. The Labute approximate surface area is 73.8 Å². The Morgan fingerprint density at radius 3 is 2.92 bits per heavy atom. The molecule has 1 N–H and O–H groups in total. The summed E-state index contributed by atoms with van der Waals surface area (Å²) < 4.78 is 2.11. The Balaban J connectivity index is 2.70. The Hall–Kier alpha value is -0.830. The van der Waals surface area contributed by atoms with Gasteiger partial charge in [0, 0.05) is 26.2 Å². The lowest BCUT2D eigenvalue weighted by Gasteiger charge is -1.95. The van der Waals surface area contributed by atoms with Crippen LogP contribution in [0.2, 0.25) is 0 Å². The van der Waals surface area contributed by atoms with Gasteiger partial charge in [0.25, 0.3) is 0 Å². The molecule has 3 nitrogen and oxygen atoms in total. The number of rotatable bonds is 4. The van der Waals surface area contributed by atoms with Crippen molar-refractivity contribution in [2.75, 3.05) is 7.05 Å². The van der Waals surface area contributed by atoms with Gasteiger partial charge in [0.05, 0.1) is 5.69 Å². The van der Waals surface area contributed by atoms with E-state index in [1.807, 2.05) is 7.05 Å². The maximum atomic E-state index is 4.49. The van der Waals surface area contributed by atoms with Crippen LogP contribution < -0.4 is 5.32 Å². The summed E-state index contributed by atoms with van der Waals surface area (Å²) in [5.74, 6) is 1.18. The summed E-state index contributed by atoms with van der Waals surface area (Å²) in [6, 6.07) is 0. The quantitative estimate of drug-likeness (QED) is 0.727. The van der Waals surface area contributed by atoms with E-state index in [0.29, 0.717) is 0 Å². The highest BCUT2D eigenvalue weighted by molar-refractivity contribution is 5.03. The van der Waals surface area contributed by atoms with Gasteiger partial charge in [-0.2, -0.15) is 0 Å². The van der Waals surface area contributed by atoms with Gasteiger partial charge in [0.2, 0.25) is 0 Å². The van der Waals surface area contributed by atoms with Gasteiger partial charge in [-0.25, -0.2) is 4.98 Å². The van der Waals surface area contributed by atoms with Crippen LogP contribution in [0.5, 0.6) is 0 Å². The second kappa shape index (κ2) is 4.26. The summed E-state index contributed by atoms with van der Waals surface area (Å²) in [6.07, 6.45) is 4.31. The van der Waals surface area contributed by atoms with Gasteiger partial charge in [-0.3, -0.25) is 0 Å². The molecule has 0 amide bonds. The fraction of sp³-hybridized carbons (Fsp3) is 0.667. The summed E-state index contributed by atoms with van der Waals surface area (Å²) in [6.45, 7) is 3.03. The minimum absolute atomic E-state index is 0.859. The number of nitrogens with one attached hydrogen (secondary N) is 1. The van der Waals surface area contributed by atoms with Crippen molar-refractivity contribution in [2.45, 2.75) is 26.3 Å². The molecule has 0 unspecified atom stereocenters. The zero-order valence-electron chi connectivity index (χ0n) is 8.09. The van der Waals surface area contributed by atoms with E-state index in [1.54, 1.807) is 0 Å². The zero-order chi connectivity index (χ0) is 8.97. The molecule has 0 atom stereocenters. The van der Waals surface area contributed by atoms with Crippen molar-refractivity contribution in [3.05, 3.63) is 17.7 Å². The van der Waals surface area contributed by atoms with Crippen LogP contribution in [-0.4, -0.2) is 16.6 Å². The van der Waals surface area contributed by atoms with Crippen molar-refractivity contribution in [1.82, 2.24) is 14.9 Å². The molecule has 0 aliphatic heterocycles. The SMILES string of the molecule is CCCc1nc(CNC)cn1C. The Morgan fingerprint density at radius 1 is 1.58 bits per heavy atom. The minimum atomic E-state index is 0.859. The molecule has 12 heavy (non-hydrogen) atoms. The van der Waals surface area contributed by atoms with Crippen LogP contribution in [-0.2, 0) is 20.0 Å². The number of imidazole rings is 1. The van der Waals surface area contributed by atoms with Crippen molar-refractivity contribution in [3.8, 4) is 0 Å². The molecule has 0 saturated carbocycles. The first-order chi connectivity index (χ1) is 5.77. The molecule has 0 bridgehead atoms. The third-order valence-electron chi connectivity index (χ3n) is 1.85. The summed E-state index contributed by atoms with van der Waals surface area (Å²) in [7, 11) is 3.99. The minimum Gasteiger partial charge on any atom is -0.338 e. The van der Waals surface area contributed by atoms with Crippen LogP contribution in [0.4, 0.5) is 0 Å². The second-order valence-electron chi connectivity index (χ2n) is 3.04. The van der Waals surface area contributed by atoms with Gasteiger partial charge in [-0.05, 0) is 13.5 Å².